The topological polar surface area (TPSA) is 56.1 Å². The minimum atomic E-state index is 0.00315. The Labute approximate surface area is 195 Å². The molecule has 0 spiro atoms. The van der Waals surface area contributed by atoms with Crippen LogP contribution in [0.2, 0.25) is 0 Å². The molecule has 0 radical (unpaired) electrons. The third-order valence-corrected chi connectivity index (χ3v) is 5.62. The summed E-state index contributed by atoms with van der Waals surface area (Å²) >= 11 is 0. The highest BCUT2D eigenvalue weighted by Gasteiger charge is 2.20. The van der Waals surface area contributed by atoms with Crippen LogP contribution in [0.5, 0.6) is 11.6 Å². The molecule has 4 rings (SSSR count). The Morgan fingerprint density at radius 1 is 0.939 bits per heavy atom. The van der Waals surface area contributed by atoms with Crippen molar-refractivity contribution in [3.8, 4) is 17.3 Å². The number of carbonyl (C=O) groups excluding carboxylic acids is 1. The standard InChI is InChI=1S/C28H29N3O2/c1-20-10-9-14-24(18-20)33-28-25(16-17-27(32)29-19-23-12-5-4-6-13-23)22(3)30-31(28)26-15-8-7-11-21(26)2/h4-15,18H,16-17,19H2,1-3H3,(H,29,32). The smallest absolute Gasteiger partial charge is 0.226 e. The van der Waals surface area contributed by atoms with Gasteiger partial charge in [0.1, 0.15) is 5.75 Å². The van der Waals surface area contributed by atoms with Crippen LogP contribution in [0.1, 0.15) is 34.4 Å². The fourth-order valence-electron chi connectivity index (χ4n) is 3.81. The SMILES string of the molecule is Cc1cccc(Oc2c(CCC(=O)NCc3ccccc3)c(C)nn2-c2ccccc2C)c1. The lowest BCUT2D eigenvalue weighted by molar-refractivity contribution is -0.121. The van der Waals surface area contributed by atoms with Crippen LogP contribution in [0.25, 0.3) is 5.69 Å². The number of hydrogen-bond donors (Lipinski definition) is 1. The molecule has 4 aromatic rings. The fraction of sp³-hybridized carbons (Fsp3) is 0.214. The Hall–Kier alpha value is -3.86. The second-order valence-corrected chi connectivity index (χ2v) is 8.25. The molecule has 0 unspecified atom stereocenters. The van der Waals surface area contributed by atoms with E-state index in [0.29, 0.717) is 25.3 Å². The quantitative estimate of drug-likeness (QED) is 0.375. The molecule has 3 aromatic carbocycles. The first kappa shape index (κ1) is 22.3. The second kappa shape index (κ2) is 10.2. The fourth-order valence-corrected chi connectivity index (χ4v) is 3.81. The average molecular weight is 440 g/mol. The maximum atomic E-state index is 12.6. The van der Waals surface area contributed by atoms with Gasteiger partial charge in [-0.05, 0) is 62.1 Å². The third kappa shape index (κ3) is 5.50. The van der Waals surface area contributed by atoms with Crippen LogP contribution in [0.4, 0.5) is 0 Å². The zero-order valence-electron chi connectivity index (χ0n) is 19.3. The number of nitrogens with zero attached hydrogens (tertiary/aromatic N) is 2. The Bertz CT molecular complexity index is 1250. The van der Waals surface area contributed by atoms with Gasteiger partial charge in [0.2, 0.25) is 11.8 Å². The predicted molar refractivity (Wildman–Crippen MR) is 131 cm³/mol. The molecule has 1 amide bonds. The summed E-state index contributed by atoms with van der Waals surface area (Å²) in [5, 5.41) is 7.80. The summed E-state index contributed by atoms with van der Waals surface area (Å²) in [6.07, 6.45) is 0.900. The molecular formula is C28H29N3O2. The van der Waals surface area contributed by atoms with Gasteiger partial charge < -0.3 is 10.1 Å². The second-order valence-electron chi connectivity index (χ2n) is 8.25. The van der Waals surface area contributed by atoms with Crippen molar-refractivity contribution >= 4 is 5.91 Å². The summed E-state index contributed by atoms with van der Waals surface area (Å²) in [7, 11) is 0. The van der Waals surface area contributed by atoms with Gasteiger partial charge in [0.15, 0.2) is 0 Å². The molecule has 0 bridgehead atoms. The molecule has 33 heavy (non-hydrogen) atoms. The molecule has 5 nitrogen and oxygen atoms in total. The number of hydrogen-bond acceptors (Lipinski definition) is 3. The zero-order chi connectivity index (χ0) is 23.2. The number of para-hydroxylation sites is 1. The van der Waals surface area contributed by atoms with Crippen molar-refractivity contribution in [2.75, 3.05) is 0 Å². The van der Waals surface area contributed by atoms with E-state index in [1.807, 2.05) is 91.3 Å². The van der Waals surface area contributed by atoms with E-state index in [9.17, 15) is 4.79 Å². The van der Waals surface area contributed by atoms with Gasteiger partial charge in [-0.15, -0.1) is 0 Å². The molecule has 0 aliphatic carbocycles. The van der Waals surface area contributed by atoms with E-state index in [1.165, 1.54) is 0 Å². The first-order valence-electron chi connectivity index (χ1n) is 11.2. The number of amides is 1. The van der Waals surface area contributed by atoms with Crippen LogP contribution in [-0.2, 0) is 17.8 Å². The minimum Gasteiger partial charge on any atom is -0.439 e. The summed E-state index contributed by atoms with van der Waals surface area (Å²) in [5.74, 6) is 1.41. The zero-order valence-corrected chi connectivity index (χ0v) is 19.3. The summed E-state index contributed by atoms with van der Waals surface area (Å²) in [4.78, 5) is 12.6. The predicted octanol–water partition coefficient (Wildman–Crippen LogP) is 5.84. The van der Waals surface area contributed by atoms with Crippen LogP contribution < -0.4 is 10.1 Å². The highest BCUT2D eigenvalue weighted by atomic mass is 16.5. The molecule has 168 valence electrons. The molecule has 0 atom stereocenters. The lowest BCUT2D eigenvalue weighted by Gasteiger charge is -2.13. The van der Waals surface area contributed by atoms with E-state index in [2.05, 4.69) is 18.3 Å². The van der Waals surface area contributed by atoms with Crippen molar-refractivity contribution in [1.82, 2.24) is 15.1 Å². The van der Waals surface area contributed by atoms with Gasteiger partial charge in [0.05, 0.1) is 11.4 Å². The molecular weight excluding hydrogens is 410 g/mol. The van der Waals surface area contributed by atoms with Crippen molar-refractivity contribution in [1.29, 1.82) is 0 Å². The Kier molecular flexibility index (Phi) is 6.89. The molecule has 0 saturated heterocycles. The number of benzene rings is 3. The first-order chi connectivity index (χ1) is 16.0. The number of ether oxygens (including phenoxy) is 1. The number of aryl methyl sites for hydroxylation is 3. The van der Waals surface area contributed by atoms with E-state index in [4.69, 9.17) is 9.84 Å². The van der Waals surface area contributed by atoms with Gasteiger partial charge in [-0.1, -0.05) is 60.7 Å². The van der Waals surface area contributed by atoms with Gasteiger partial charge in [0.25, 0.3) is 0 Å². The maximum absolute atomic E-state index is 12.6. The van der Waals surface area contributed by atoms with E-state index in [0.717, 1.165) is 39.4 Å². The van der Waals surface area contributed by atoms with Crippen LogP contribution in [-0.4, -0.2) is 15.7 Å². The number of aromatic nitrogens is 2. The van der Waals surface area contributed by atoms with Crippen LogP contribution in [0.15, 0.2) is 78.9 Å². The molecule has 0 saturated carbocycles. The highest BCUT2D eigenvalue weighted by molar-refractivity contribution is 5.76. The monoisotopic (exact) mass is 439 g/mol. The van der Waals surface area contributed by atoms with Crippen molar-refractivity contribution < 1.29 is 9.53 Å². The number of nitrogens with one attached hydrogen (secondary N) is 1. The Morgan fingerprint density at radius 3 is 2.45 bits per heavy atom. The first-order valence-corrected chi connectivity index (χ1v) is 11.2. The number of carbonyl (C=O) groups is 1. The summed E-state index contributed by atoms with van der Waals surface area (Å²) < 4.78 is 8.23. The average Bonchev–Trinajstić information content (AvgIpc) is 3.12. The van der Waals surface area contributed by atoms with Crippen LogP contribution >= 0.6 is 0 Å². The molecule has 5 heteroatoms. The number of rotatable bonds is 8. The van der Waals surface area contributed by atoms with E-state index in [1.54, 1.807) is 0 Å². The molecule has 0 aliphatic rings. The van der Waals surface area contributed by atoms with Crippen LogP contribution in [0, 0.1) is 20.8 Å². The molecule has 0 fully saturated rings. The van der Waals surface area contributed by atoms with Crippen molar-refractivity contribution in [3.05, 3.63) is 107 Å². The van der Waals surface area contributed by atoms with Crippen molar-refractivity contribution in [2.24, 2.45) is 0 Å². The Balaban J connectivity index is 1.58. The highest BCUT2D eigenvalue weighted by Crippen LogP contribution is 2.32. The summed E-state index contributed by atoms with van der Waals surface area (Å²) in [5.41, 5.74) is 6.06. The third-order valence-electron chi connectivity index (χ3n) is 5.62. The van der Waals surface area contributed by atoms with Gasteiger partial charge in [-0.3, -0.25) is 4.79 Å². The minimum absolute atomic E-state index is 0.00315. The molecule has 1 heterocycles. The maximum Gasteiger partial charge on any atom is 0.226 e. The van der Waals surface area contributed by atoms with Gasteiger partial charge in [0, 0.05) is 18.5 Å². The molecule has 0 aliphatic heterocycles. The van der Waals surface area contributed by atoms with E-state index < -0.39 is 0 Å². The lowest BCUT2D eigenvalue weighted by Crippen LogP contribution is -2.23. The molecule has 1 aromatic heterocycles. The van der Waals surface area contributed by atoms with Gasteiger partial charge >= 0.3 is 0 Å². The normalized spacial score (nSPS) is 10.8. The largest absolute Gasteiger partial charge is 0.439 e. The Morgan fingerprint density at radius 2 is 1.70 bits per heavy atom. The lowest BCUT2D eigenvalue weighted by atomic mass is 10.1. The van der Waals surface area contributed by atoms with Gasteiger partial charge in [-0.25, -0.2) is 0 Å². The summed E-state index contributed by atoms with van der Waals surface area (Å²) in [6, 6.07) is 26.0. The van der Waals surface area contributed by atoms with Gasteiger partial charge in [-0.2, -0.15) is 9.78 Å². The summed E-state index contributed by atoms with van der Waals surface area (Å²) in [6.45, 7) is 6.58. The van der Waals surface area contributed by atoms with E-state index >= 15 is 0 Å². The van der Waals surface area contributed by atoms with Crippen molar-refractivity contribution in [2.45, 2.75) is 40.2 Å². The van der Waals surface area contributed by atoms with Crippen molar-refractivity contribution in [3.63, 3.8) is 0 Å². The van der Waals surface area contributed by atoms with Crippen LogP contribution in [0.3, 0.4) is 0 Å². The molecule has 1 N–H and O–H groups in total. The van der Waals surface area contributed by atoms with E-state index in [-0.39, 0.29) is 5.91 Å².